The van der Waals surface area contributed by atoms with Crippen molar-refractivity contribution < 1.29 is 4.74 Å². The van der Waals surface area contributed by atoms with Crippen molar-refractivity contribution in [1.82, 2.24) is 0 Å². The predicted molar refractivity (Wildman–Crippen MR) is 80.4 cm³/mol. The highest BCUT2D eigenvalue weighted by molar-refractivity contribution is 6.18. The highest BCUT2D eigenvalue weighted by Crippen LogP contribution is 2.34. The fourth-order valence-electron chi connectivity index (χ4n) is 2.17. The Morgan fingerprint density at radius 2 is 1.50 bits per heavy atom. The SMILES string of the molecule is CCCCCCCCCC1CC1.ClCC1COC1. The van der Waals surface area contributed by atoms with Crippen molar-refractivity contribution >= 4 is 11.6 Å². The molecule has 1 saturated heterocycles. The zero-order valence-electron chi connectivity index (χ0n) is 12.1. The van der Waals surface area contributed by atoms with Crippen LogP contribution in [0.1, 0.15) is 71.1 Å². The van der Waals surface area contributed by atoms with Crippen LogP contribution in [-0.2, 0) is 4.74 Å². The van der Waals surface area contributed by atoms with Crippen LogP contribution in [0.3, 0.4) is 0 Å². The highest BCUT2D eigenvalue weighted by atomic mass is 35.5. The maximum atomic E-state index is 5.42. The maximum Gasteiger partial charge on any atom is 0.0527 e. The van der Waals surface area contributed by atoms with Gasteiger partial charge < -0.3 is 4.74 Å². The fraction of sp³-hybridized carbons (Fsp3) is 1.00. The van der Waals surface area contributed by atoms with Crippen LogP contribution in [-0.4, -0.2) is 19.1 Å². The monoisotopic (exact) mass is 274 g/mol. The van der Waals surface area contributed by atoms with Gasteiger partial charge in [0.15, 0.2) is 0 Å². The van der Waals surface area contributed by atoms with Crippen LogP contribution in [0, 0.1) is 11.8 Å². The van der Waals surface area contributed by atoms with Gasteiger partial charge in [0, 0.05) is 11.8 Å². The van der Waals surface area contributed by atoms with E-state index in [0.717, 1.165) is 25.0 Å². The third-order valence-corrected chi connectivity index (χ3v) is 4.27. The maximum absolute atomic E-state index is 5.42. The van der Waals surface area contributed by atoms with Crippen LogP contribution in [0.4, 0.5) is 0 Å². The molecule has 0 radical (unpaired) electrons. The van der Waals surface area contributed by atoms with Crippen LogP contribution in [0.2, 0.25) is 0 Å². The zero-order chi connectivity index (χ0) is 13.1. The summed E-state index contributed by atoms with van der Waals surface area (Å²) in [5, 5.41) is 0. The number of alkyl halides is 1. The second-order valence-corrected chi connectivity index (χ2v) is 6.22. The van der Waals surface area contributed by atoms with Gasteiger partial charge in [-0.05, 0) is 5.92 Å². The number of rotatable bonds is 9. The molecule has 0 aromatic heterocycles. The molecule has 2 aliphatic rings. The van der Waals surface area contributed by atoms with Gasteiger partial charge >= 0.3 is 0 Å². The average molecular weight is 275 g/mol. The molecule has 0 aromatic rings. The molecule has 18 heavy (non-hydrogen) atoms. The van der Waals surface area contributed by atoms with E-state index in [-0.39, 0.29) is 0 Å². The fourth-order valence-corrected chi connectivity index (χ4v) is 2.35. The first-order chi connectivity index (χ1) is 8.86. The van der Waals surface area contributed by atoms with Gasteiger partial charge in [-0.25, -0.2) is 0 Å². The summed E-state index contributed by atoms with van der Waals surface area (Å²) in [7, 11) is 0. The molecule has 1 heterocycles. The van der Waals surface area contributed by atoms with Crippen molar-refractivity contribution in [3.63, 3.8) is 0 Å². The quantitative estimate of drug-likeness (QED) is 0.404. The van der Waals surface area contributed by atoms with Gasteiger partial charge in [0.2, 0.25) is 0 Å². The van der Waals surface area contributed by atoms with E-state index in [9.17, 15) is 0 Å². The molecular weight excluding hydrogens is 244 g/mol. The normalized spacial score (nSPS) is 19.0. The summed E-state index contributed by atoms with van der Waals surface area (Å²) >= 11 is 5.42. The van der Waals surface area contributed by atoms with Gasteiger partial charge in [-0.15, -0.1) is 11.6 Å². The second kappa shape index (κ2) is 11.1. The molecule has 108 valence electrons. The van der Waals surface area contributed by atoms with Crippen molar-refractivity contribution in [2.45, 2.75) is 71.1 Å². The van der Waals surface area contributed by atoms with Crippen LogP contribution in [0.5, 0.6) is 0 Å². The Bertz CT molecular complexity index is 173. The van der Waals surface area contributed by atoms with Gasteiger partial charge in [-0.1, -0.05) is 71.1 Å². The topological polar surface area (TPSA) is 9.23 Å². The van der Waals surface area contributed by atoms with Crippen LogP contribution in [0.25, 0.3) is 0 Å². The number of hydrogen-bond acceptors (Lipinski definition) is 1. The molecule has 0 atom stereocenters. The van der Waals surface area contributed by atoms with Gasteiger partial charge in [0.05, 0.1) is 13.2 Å². The smallest absolute Gasteiger partial charge is 0.0527 e. The van der Waals surface area contributed by atoms with E-state index in [1.807, 2.05) is 0 Å². The molecule has 0 spiro atoms. The summed E-state index contributed by atoms with van der Waals surface area (Å²) in [6.07, 6.45) is 14.9. The number of ether oxygens (including phenoxy) is 1. The first kappa shape index (κ1) is 16.3. The van der Waals surface area contributed by atoms with Crippen LogP contribution in [0.15, 0.2) is 0 Å². The van der Waals surface area contributed by atoms with Gasteiger partial charge in [0.25, 0.3) is 0 Å². The standard InChI is InChI=1S/C12H24.C4H7ClO/c1-2-3-4-5-6-7-8-9-12-10-11-12;5-1-4-2-6-3-4/h12H,2-11H2,1H3;4H,1-3H2. The third kappa shape index (κ3) is 9.22. The molecule has 0 aromatic carbocycles. The Kier molecular flexibility index (Phi) is 10.1. The highest BCUT2D eigenvalue weighted by Gasteiger charge is 2.19. The Balaban J connectivity index is 0.000000225. The van der Waals surface area contributed by atoms with E-state index in [0.29, 0.717) is 5.92 Å². The second-order valence-electron chi connectivity index (χ2n) is 5.91. The molecule has 2 heteroatoms. The van der Waals surface area contributed by atoms with E-state index < -0.39 is 0 Å². The summed E-state index contributed by atoms with van der Waals surface area (Å²) in [4.78, 5) is 0. The lowest BCUT2D eigenvalue weighted by atomic mass is 10.1. The number of hydrogen-bond donors (Lipinski definition) is 0. The van der Waals surface area contributed by atoms with E-state index in [1.54, 1.807) is 0 Å². The number of halogens is 1. The van der Waals surface area contributed by atoms with Crippen molar-refractivity contribution in [3.05, 3.63) is 0 Å². The first-order valence-electron chi connectivity index (χ1n) is 8.00. The van der Waals surface area contributed by atoms with Gasteiger partial charge in [-0.2, -0.15) is 0 Å². The van der Waals surface area contributed by atoms with Gasteiger partial charge in [-0.3, -0.25) is 0 Å². The van der Waals surface area contributed by atoms with Crippen molar-refractivity contribution in [1.29, 1.82) is 0 Å². The summed E-state index contributed by atoms with van der Waals surface area (Å²) in [5.74, 6) is 2.58. The lowest BCUT2D eigenvalue weighted by Gasteiger charge is -2.22. The summed E-state index contributed by atoms with van der Waals surface area (Å²) in [5.41, 5.74) is 0. The van der Waals surface area contributed by atoms with E-state index in [1.165, 1.54) is 64.2 Å². The molecule has 1 nitrogen and oxygen atoms in total. The summed E-state index contributed by atoms with van der Waals surface area (Å²) < 4.78 is 4.84. The zero-order valence-corrected chi connectivity index (χ0v) is 12.9. The molecule has 2 fully saturated rings. The van der Waals surface area contributed by atoms with Crippen molar-refractivity contribution in [2.24, 2.45) is 11.8 Å². The Morgan fingerprint density at radius 1 is 0.889 bits per heavy atom. The number of unbranched alkanes of at least 4 members (excludes halogenated alkanes) is 6. The lowest BCUT2D eigenvalue weighted by Crippen LogP contribution is -2.28. The Morgan fingerprint density at radius 3 is 1.89 bits per heavy atom. The molecule has 1 aliphatic carbocycles. The van der Waals surface area contributed by atoms with Crippen LogP contribution < -0.4 is 0 Å². The minimum atomic E-state index is 0.659. The minimum absolute atomic E-state index is 0.659. The molecule has 0 bridgehead atoms. The van der Waals surface area contributed by atoms with Crippen LogP contribution >= 0.6 is 11.6 Å². The van der Waals surface area contributed by atoms with E-state index in [2.05, 4.69) is 6.92 Å². The first-order valence-corrected chi connectivity index (χ1v) is 8.54. The molecular formula is C16H31ClO. The van der Waals surface area contributed by atoms with Crippen molar-refractivity contribution in [2.75, 3.05) is 19.1 Å². The molecule has 0 amide bonds. The summed E-state index contributed by atoms with van der Waals surface area (Å²) in [6, 6.07) is 0. The average Bonchev–Trinajstić information content (AvgIpc) is 3.11. The molecule has 1 saturated carbocycles. The minimum Gasteiger partial charge on any atom is -0.381 e. The molecule has 1 aliphatic heterocycles. The van der Waals surface area contributed by atoms with E-state index in [4.69, 9.17) is 16.3 Å². The molecule has 0 N–H and O–H groups in total. The Labute approximate surface area is 119 Å². The van der Waals surface area contributed by atoms with E-state index >= 15 is 0 Å². The Hall–Kier alpha value is 0.250. The molecule has 2 rings (SSSR count). The third-order valence-electron chi connectivity index (χ3n) is 3.84. The predicted octanol–water partition coefficient (Wildman–Crippen LogP) is 5.41. The largest absolute Gasteiger partial charge is 0.381 e. The lowest BCUT2D eigenvalue weighted by molar-refractivity contribution is -0.0203. The van der Waals surface area contributed by atoms with Crippen molar-refractivity contribution in [3.8, 4) is 0 Å². The molecule has 0 unspecified atom stereocenters. The summed E-state index contributed by atoms with van der Waals surface area (Å²) in [6.45, 7) is 4.04. The van der Waals surface area contributed by atoms with Gasteiger partial charge in [0.1, 0.15) is 0 Å².